The van der Waals surface area contributed by atoms with Gasteiger partial charge in [0.2, 0.25) is 0 Å². The zero-order valence-electron chi connectivity index (χ0n) is 26.7. The van der Waals surface area contributed by atoms with Gasteiger partial charge in [0.15, 0.2) is 6.10 Å². The molecule has 0 amide bonds. The first-order valence-corrected chi connectivity index (χ1v) is 18.2. The molecule has 0 saturated heterocycles. The van der Waals surface area contributed by atoms with Crippen LogP contribution in [0.15, 0.2) is 12.2 Å². The van der Waals surface area contributed by atoms with Crippen LogP contribution in [0.2, 0.25) is 0 Å². The van der Waals surface area contributed by atoms with E-state index < -0.39 is 32.5 Å². The maximum atomic E-state index is 12.4. The molecule has 2 atom stereocenters. The molecule has 0 radical (unpaired) electrons. The van der Waals surface area contributed by atoms with Crippen LogP contribution in [-0.4, -0.2) is 49.3 Å². The van der Waals surface area contributed by atoms with E-state index in [1.165, 1.54) is 57.8 Å². The maximum Gasteiger partial charge on any atom is 0.472 e. The smallest absolute Gasteiger partial charge is 0.462 e. The number of allylic oxidation sites excluding steroid dienone is 2. The number of rotatable bonds is 31. The van der Waals surface area contributed by atoms with Crippen molar-refractivity contribution in [1.29, 1.82) is 0 Å². The molecule has 0 fully saturated rings. The summed E-state index contributed by atoms with van der Waals surface area (Å²) in [6.45, 7) is 3.65. The molecule has 0 aliphatic rings. The SMILES string of the molecule is CCCCCC/C=C/CCCCCCCC(=O)OC[C@@H](COP(=O)(O)OCCN)OC(=O)CCCCCCCCCC. The van der Waals surface area contributed by atoms with E-state index in [1.54, 1.807) is 0 Å². The summed E-state index contributed by atoms with van der Waals surface area (Å²) in [5.74, 6) is -0.843. The van der Waals surface area contributed by atoms with E-state index in [1.807, 2.05) is 0 Å². The number of carbonyl (C=O) groups excluding carboxylic acids is 2. The summed E-state index contributed by atoms with van der Waals surface area (Å²) in [4.78, 5) is 34.4. The Balaban J connectivity index is 4.27. The summed E-state index contributed by atoms with van der Waals surface area (Å²) >= 11 is 0. The molecular formula is C32H62NO8P. The van der Waals surface area contributed by atoms with E-state index in [4.69, 9.17) is 24.3 Å². The molecule has 0 aliphatic carbocycles. The summed E-state index contributed by atoms with van der Waals surface area (Å²) in [5.41, 5.74) is 5.30. The van der Waals surface area contributed by atoms with Gasteiger partial charge in [-0.2, -0.15) is 0 Å². The molecule has 248 valence electrons. The van der Waals surface area contributed by atoms with Gasteiger partial charge in [-0.15, -0.1) is 0 Å². The number of nitrogens with two attached hydrogens (primary N) is 1. The average molecular weight is 620 g/mol. The Morgan fingerprint density at radius 1 is 0.690 bits per heavy atom. The molecule has 9 nitrogen and oxygen atoms in total. The van der Waals surface area contributed by atoms with Crippen LogP contribution >= 0.6 is 7.82 Å². The fourth-order valence-electron chi connectivity index (χ4n) is 4.39. The number of phosphoric acid groups is 1. The fourth-order valence-corrected chi connectivity index (χ4v) is 5.16. The second-order valence-corrected chi connectivity index (χ2v) is 12.5. The maximum absolute atomic E-state index is 12.4. The first kappa shape index (κ1) is 40.8. The third-order valence-corrected chi connectivity index (χ3v) is 7.89. The summed E-state index contributed by atoms with van der Waals surface area (Å²) < 4.78 is 32.4. The topological polar surface area (TPSA) is 134 Å². The predicted octanol–water partition coefficient (Wildman–Crippen LogP) is 8.32. The predicted molar refractivity (Wildman–Crippen MR) is 169 cm³/mol. The Bertz CT molecular complexity index is 719. The quantitative estimate of drug-likeness (QED) is 0.0340. The second kappa shape index (κ2) is 29.8. The van der Waals surface area contributed by atoms with Crippen molar-refractivity contribution in [3.05, 3.63) is 12.2 Å². The number of hydrogen-bond acceptors (Lipinski definition) is 8. The third kappa shape index (κ3) is 28.9. The highest BCUT2D eigenvalue weighted by molar-refractivity contribution is 7.47. The van der Waals surface area contributed by atoms with Crippen molar-refractivity contribution in [3.63, 3.8) is 0 Å². The molecule has 0 spiro atoms. The standard InChI is InChI=1S/C32H62NO8P/c1-3-5-7-9-11-13-14-15-16-17-19-20-22-24-31(34)38-28-30(29-40-42(36,37)39-27-26-33)41-32(35)25-23-21-18-12-10-8-6-4-2/h13-14,30H,3-12,15-29,33H2,1-2H3,(H,36,37)/b14-13+/t30-/m0/s1. The van der Waals surface area contributed by atoms with Gasteiger partial charge in [0.05, 0.1) is 13.2 Å². The Morgan fingerprint density at radius 3 is 1.71 bits per heavy atom. The molecule has 3 N–H and O–H groups in total. The number of phosphoric ester groups is 1. The van der Waals surface area contributed by atoms with Crippen LogP contribution < -0.4 is 5.73 Å². The van der Waals surface area contributed by atoms with Gasteiger partial charge in [-0.25, -0.2) is 4.57 Å². The molecule has 1 unspecified atom stereocenters. The lowest BCUT2D eigenvalue weighted by molar-refractivity contribution is -0.161. The molecule has 0 aliphatic heterocycles. The molecule has 0 rings (SSSR count). The number of carbonyl (C=O) groups is 2. The lowest BCUT2D eigenvalue weighted by Gasteiger charge is -2.19. The van der Waals surface area contributed by atoms with E-state index in [2.05, 4.69) is 26.0 Å². The summed E-state index contributed by atoms with van der Waals surface area (Å²) in [7, 11) is -4.36. The highest BCUT2D eigenvalue weighted by Crippen LogP contribution is 2.43. The van der Waals surface area contributed by atoms with Crippen molar-refractivity contribution in [2.24, 2.45) is 5.73 Å². The Hall–Kier alpha value is -1.25. The van der Waals surface area contributed by atoms with Gasteiger partial charge in [-0.1, -0.05) is 109 Å². The van der Waals surface area contributed by atoms with Gasteiger partial charge in [0, 0.05) is 19.4 Å². The van der Waals surface area contributed by atoms with Crippen LogP contribution in [0, 0.1) is 0 Å². The van der Waals surface area contributed by atoms with E-state index in [-0.39, 0.29) is 32.6 Å². The molecule has 10 heteroatoms. The molecule has 0 aromatic heterocycles. The zero-order chi connectivity index (χ0) is 31.2. The van der Waals surface area contributed by atoms with E-state index in [0.29, 0.717) is 6.42 Å². The minimum Gasteiger partial charge on any atom is -0.462 e. The number of esters is 2. The molecule has 0 bridgehead atoms. The fraction of sp³-hybridized carbons (Fsp3) is 0.875. The van der Waals surface area contributed by atoms with Crippen molar-refractivity contribution < 1.29 is 37.6 Å². The van der Waals surface area contributed by atoms with Crippen molar-refractivity contribution in [2.45, 2.75) is 155 Å². The van der Waals surface area contributed by atoms with Gasteiger partial charge in [0.1, 0.15) is 6.61 Å². The van der Waals surface area contributed by atoms with Gasteiger partial charge in [-0.05, 0) is 38.5 Å². The van der Waals surface area contributed by atoms with Crippen molar-refractivity contribution in [1.82, 2.24) is 0 Å². The zero-order valence-corrected chi connectivity index (χ0v) is 27.6. The highest BCUT2D eigenvalue weighted by atomic mass is 31.2. The van der Waals surface area contributed by atoms with Crippen LogP contribution in [-0.2, 0) is 32.7 Å². The van der Waals surface area contributed by atoms with E-state index >= 15 is 0 Å². The van der Waals surface area contributed by atoms with Crippen molar-refractivity contribution in [2.75, 3.05) is 26.4 Å². The molecule has 42 heavy (non-hydrogen) atoms. The monoisotopic (exact) mass is 619 g/mol. The van der Waals surface area contributed by atoms with Gasteiger partial charge >= 0.3 is 19.8 Å². The third-order valence-electron chi connectivity index (χ3n) is 6.90. The molecule has 0 heterocycles. The Labute approximate surface area is 256 Å². The average Bonchev–Trinajstić information content (AvgIpc) is 2.97. The first-order chi connectivity index (χ1) is 20.3. The van der Waals surface area contributed by atoms with Gasteiger partial charge in [-0.3, -0.25) is 18.6 Å². The summed E-state index contributed by atoms with van der Waals surface area (Å²) in [5, 5.41) is 0. The molecular weight excluding hydrogens is 557 g/mol. The van der Waals surface area contributed by atoms with Crippen LogP contribution in [0.3, 0.4) is 0 Å². The lowest BCUT2D eigenvalue weighted by Crippen LogP contribution is -2.29. The normalized spacial score (nSPS) is 13.7. The molecule has 0 saturated carbocycles. The number of unbranched alkanes of at least 4 members (excludes halogenated alkanes) is 16. The van der Waals surface area contributed by atoms with Gasteiger partial charge in [0.25, 0.3) is 0 Å². The van der Waals surface area contributed by atoms with Crippen molar-refractivity contribution >= 4 is 19.8 Å². The van der Waals surface area contributed by atoms with Crippen LogP contribution in [0.25, 0.3) is 0 Å². The minimum absolute atomic E-state index is 0.0543. The first-order valence-electron chi connectivity index (χ1n) is 16.7. The highest BCUT2D eigenvalue weighted by Gasteiger charge is 2.25. The minimum atomic E-state index is -4.36. The van der Waals surface area contributed by atoms with E-state index in [0.717, 1.165) is 57.8 Å². The second-order valence-electron chi connectivity index (χ2n) is 11.0. The summed E-state index contributed by atoms with van der Waals surface area (Å²) in [6, 6.07) is 0. The van der Waals surface area contributed by atoms with Crippen LogP contribution in [0.1, 0.15) is 149 Å². The molecule has 0 aromatic carbocycles. The largest absolute Gasteiger partial charge is 0.472 e. The van der Waals surface area contributed by atoms with Crippen LogP contribution in [0.4, 0.5) is 0 Å². The Kier molecular flexibility index (Phi) is 28.9. The number of ether oxygens (including phenoxy) is 2. The Morgan fingerprint density at radius 2 is 1.17 bits per heavy atom. The van der Waals surface area contributed by atoms with E-state index in [9.17, 15) is 19.0 Å². The van der Waals surface area contributed by atoms with Gasteiger partial charge < -0.3 is 20.1 Å². The molecule has 0 aromatic rings. The lowest BCUT2D eigenvalue weighted by atomic mass is 10.1. The summed E-state index contributed by atoms with van der Waals surface area (Å²) in [6.07, 6.45) is 25.4. The van der Waals surface area contributed by atoms with Crippen LogP contribution in [0.5, 0.6) is 0 Å². The number of hydrogen-bond donors (Lipinski definition) is 2. The van der Waals surface area contributed by atoms with Crippen molar-refractivity contribution in [3.8, 4) is 0 Å².